The molecule has 14 heavy (non-hydrogen) atoms. The zero-order valence-electron chi connectivity index (χ0n) is 8.85. The lowest BCUT2D eigenvalue weighted by Crippen LogP contribution is -1.95. The molecule has 2 heteroatoms. The van der Waals surface area contributed by atoms with Crippen molar-refractivity contribution < 1.29 is 4.74 Å². The topological polar surface area (TPSA) is 9.23 Å². The SMILES string of the molecule is CCOc1ccc(CCCCl)c(C)c1. The van der Waals surface area contributed by atoms with Crippen molar-refractivity contribution >= 4 is 11.6 Å². The first-order valence-corrected chi connectivity index (χ1v) is 5.59. The third kappa shape index (κ3) is 3.22. The second-order valence-electron chi connectivity index (χ2n) is 3.31. The monoisotopic (exact) mass is 212 g/mol. The van der Waals surface area contributed by atoms with Crippen LogP contribution in [0.25, 0.3) is 0 Å². The summed E-state index contributed by atoms with van der Waals surface area (Å²) in [5.41, 5.74) is 2.66. The number of hydrogen-bond donors (Lipinski definition) is 0. The van der Waals surface area contributed by atoms with Gasteiger partial charge in [0.05, 0.1) is 6.61 Å². The fraction of sp³-hybridized carbons (Fsp3) is 0.500. The predicted octanol–water partition coefficient (Wildman–Crippen LogP) is 3.57. The highest BCUT2D eigenvalue weighted by atomic mass is 35.5. The van der Waals surface area contributed by atoms with Crippen LogP contribution in [0.5, 0.6) is 5.75 Å². The first kappa shape index (κ1) is 11.4. The van der Waals surface area contributed by atoms with Crippen LogP contribution in [0.3, 0.4) is 0 Å². The Morgan fingerprint density at radius 2 is 2.14 bits per heavy atom. The van der Waals surface area contributed by atoms with E-state index in [9.17, 15) is 0 Å². The van der Waals surface area contributed by atoms with Gasteiger partial charge in [0.15, 0.2) is 0 Å². The highest BCUT2D eigenvalue weighted by molar-refractivity contribution is 6.17. The molecule has 1 aromatic carbocycles. The fourth-order valence-corrected chi connectivity index (χ4v) is 1.60. The Hall–Kier alpha value is -0.690. The standard InChI is InChI=1S/C12H17ClO/c1-3-14-12-7-6-11(5-4-8-13)10(2)9-12/h6-7,9H,3-5,8H2,1-2H3. The first-order valence-electron chi connectivity index (χ1n) is 5.06. The summed E-state index contributed by atoms with van der Waals surface area (Å²) in [5, 5.41) is 0. The summed E-state index contributed by atoms with van der Waals surface area (Å²) in [7, 11) is 0. The summed E-state index contributed by atoms with van der Waals surface area (Å²) < 4.78 is 5.42. The maximum absolute atomic E-state index is 5.66. The Morgan fingerprint density at radius 3 is 2.71 bits per heavy atom. The molecule has 0 aromatic heterocycles. The molecule has 0 fully saturated rings. The van der Waals surface area contributed by atoms with Crippen LogP contribution in [0.15, 0.2) is 18.2 Å². The number of aryl methyl sites for hydroxylation is 2. The minimum atomic E-state index is 0.723. The number of rotatable bonds is 5. The molecule has 0 saturated carbocycles. The van der Waals surface area contributed by atoms with E-state index < -0.39 is 0 Å². The van der Waals surface area contributed by atoms with Gasteiger partial charge in [0.2, 0.25) is 0 Å². The van der Waals surface area contributed by atoms with Crippen LogP contribution in [0, 0.1) is 6.92 Å². The molecule has 0 aliphatic rings. The number of alkyl halides is 1. The molecule has 0 atom stereocenters. The summed E-state index contributed by atoms with van der Waals surface area (Å²) in [6, 6.07) is 6.25. The molecule has 1 rings (SSSR count). The van der Waals surface area contributed by atoms with Crippen LogP contribution in [0.2, 0.25) is 0 Å². The van der Waals surface area contributed by atoms with Gasteiger partial charge in [-0.05, 0) is 49.9 Å². The number of ether oxygens (including phenoxy) is 1. The normalized spacial score (nSPS) is 10.2. The van der Waals surface area contributed by atoms with Crippen LogP contribution in [-0.4, -0.2) is 12.5 Å². The molecule has 0 N–H and O–H groups in total. The Bertz CT molecular complexity index is 284. The molecule has 0 amide bonds. The van der Waals surface area contributed by atoms with Crippen LogP contribution >= 0.6 is 11.6 Å². The van der Waals surface area contributed by atoms with Crippen molar-refractivity contribution in [3.8, 4) is 5.75 Å². The number of hydrogen-bond acceptors (Lipinski definition) is 1. The fourth-order valence-electron chi connectivity index (χ4n) is 1.46. The average Bonchev–Trinajstić information content (AvgIpc) is 2.17. The van der Waals surface area contributed by atoms with E-state index in [1.54, 1.807) is 0 Å². The van der Waals surface area contributed by atoms with Crippen molar-refractivity contribution in [3.63, 3.8) is 0 Å². The molecule has 0 bridgehead atoms. The van der Waals surface area contributed by atoms with E-state index in [0.29, 0.717) is 0 Å². The minimum absolute atomic E-state index is 0.723. The summed E-state index contributed by atoms with van der Waals surface area (Å²) >= 11 is 5.66. The van der Waals surface area contributed by atoms with E-state index >= 15 is 0 Å². The number of benzene rings is 1. The van der Waals surface area contributed by atoms with Gasteiger partial charge in [-0.25, -0.2) is 0 Å². The summed E-state index contributed by atoms with van der Waals surface area (Å²) in [6.45, 7) is 4.84. The molecule has 0 radical (unpaired) electrons. The van der Waals surface area contributed by atoms with E-state index in [2.05, 4.69) is 19.1 Å². The van der Waals surface area contributed by atoms with Gasteiger partial charge in [-0.2, -0.15) is 0 Å². The molecule has 0 unspecified atom stereocenters. The molecule has 78 valence electrons. The second-order valence-corrected chi connectivity index (χ2v) is 3.69. The van der Waals surface area contributed by atoms with Crippen molar-refractivity contribution in [2.75, 3.05) is 12.5 Å². The second kappa shape index (κ2) is 5.92. The van der Waals surface area contributed by atoms with Gasteiger partial charge in [0.1, 0.15) is 5.75 Å². The van der Waals surface area contributed by atoms with Crippen LogP contribution < -0.4 is 4.74 Å². The van der Waals surface area contributed by atoms with E-state index in [0.717, 1.165) is 31.1 Å². The smallest absolute Gasteiger partial charge is 0.119 e. The molecule has 0 saturated heterocycles. The van der Waals surface area contributed by atoms with Crippen LogP contribution in [-0.2, 0) is 6.42 Å². The van der Waals surface area contributed by atoms with E-state index in [1.165, 1.54) is 11.1 Å². The van der Waals surface area contributed by atoms with Gasteiger partial charge in [-0.15, -0.1) is 11.6 Å². The largest absolute Gasteiger partial charge is 0.494 e. The van der Waals surface area contributed by atoms with Gasteiger partial charge < -0.3 is 4.74 Å². The lowest BCUT2D eigenvalue weighted by molar-refractivity contribution is 0.340. The van der Waals surface area contributed by atoms with Gasteiger partial charge in [0.25, 0.3) is 0 Å². The van der Waals surface area contributed by atoms with Crippen LogP contribution in [0.4, 0.5) is 0 Å². The quantitative estimate of drug-likeness (QED) is 0.679. The Kier molecular flexibility index (Phi) is 4.81. The van der Waals surface area contributed by atoms with Crippen molar-refractivity contribution in [2.45, 2.75) is 26.7 Å². The summed E-state index contributed by atoms with van der Waals surface area (Å²) in [6.07, 6.45) is 2.10. The molecule has 0 spiro atoms. The maximum Gasteiger partial charge on any atom is 0.119 e. The Labute approximate surface area is 91.0 Å². The van der Waals surface area contributed by atoms with Gasteiger partial charge in [-0.1, -0.05) is 6.07 Å². The zero-order valence-corrected chi connectivity index (χ0v) is 9.60. The Morgan fingerprint density at radius 1 is 1.36 bits per heavy atom. The lowest BCUT2D eigenvalue weighted by Gasteiger charge is -2.08. The molecule has 1 aromatic rings. The predicted molar refractivity (Wildman–Crippen MR) is 61.4 cm³/mol. The summed E-state index contributed by atoms with van der Waals surface area (Å²) in [5.74, 6) is 1.69. The molecule has 1 nitrogen and oxygen atoms in total. The Balaban J connectivity index is 2.68. The lowest BCUT2D eigenvalue weighted by atomic mass is 10.0. The first-order chi connectivity index (χ1) is 6.77. The minimum Gasteiger partial charge on any atom is -0.494 e. The van der Waals surface area contributed by atoms with Gasteiger partial charge in [0, 0.05) is 5.88 Å². The van der Waals surface area contributed by atoms with Crippen molar-refractivity contribution in [2.24, 2.45) is 0 Å². The van der Waals surface area contributed by atoms with Gasteiger partial charge in [-0.3, -0.25) is 0 Å². The maximum atomic E-state index is 5.66. The van der Waals surface area contributed by atoms with Crippen molar-refractivity contribution in [3.05, 3.63) is 29.3 Å². The highest BCUT2D eigenvalue weighted by Crippen LogP contribution is 2.18. The average molecular weight is 213 g/mol. The number of halogens is 1. The zero-order chi connectivity index (χ0) is 10.4. The third-order valence-electron chi connectivity index (χ3n) is 2.20. The van der Waals surface area contributed by atoms with Gasteiger partial charge >= 0.3 is 0 Å². The van der Waals surface area contributed by atoms with E-state index in [4.69, 9.17) is 16.3 Å². The molecule has 0 aliphatic heterocycles. The molecular weight excluding hydrogens is 196 g/mol. The third-order valence-corrected chi connectivity index (χ3v) is 2.47. The van der Waals surface area contributed by atoms with E-state index in [-0.39, 0.29) is 0 Å². The summed E-state index contributed by atoms with van der Waals surface area (Å²) in [4.78, 5) is 0. The van der Waals surface area contributed by atoms with Crippen molar-refractivity contribution in [1.29, 1.82) is 0 Å². The van der Waals surface area contributed by atoms with Crippen molar-refractivity contribution in [1.82, 2.24) is 0 Å². The highest BCUT2D eigenvalue weighted by Gasteiger charge is 2.00. The van der Waals surface area contributed by atoms with Crippen LogP contribution in [0.1, 0.15) is 24.5 Å². The molecule has 0 aliphatic carbocycles. The van der Waals surface area contributed by atoms with E-state index in [1.807, 2.05) is 13.0 Å². The molecule has 0 heterocycles. The molecular formula is C12H17ClO.